The molecule has 0 amide bonds. The summed E-state index contributed by atoms with van der Waals surface area (Å²) in [6.07, 6.45) is 2.85. The van der Waals surface area contributed by atoms with Gasteiger partial charge in [-0.05, 0) is 30.9 Å². The Hall–Kier alpha value is -1.68. The Balaban J connectivity index is 1.81. The highest BCUT2D eigenvalue weighted by atomic mass is 16.5. The third-order valence-electron chi connectivity index (χ3n) is 3.78. The Bertz CT molecular complexity index is 558. The second kappa shape index (κ2) is 4.21. The van der Waals surface area contributed by atoms with Crippen molar-refractivity contribution in [3.8, 4) is 0 Å². The van der Waals surface area contributed by atoms with Crippen LogP contribution in [-0.4, -0.2) is 16.7 Å². The number of hydrogen-bond donors (Lipinski definition) is 1. The number of benzene rings is 1. The summed E-state index contributed by atoms with van der Waals surface area (Å²) in [5, 5.41) is 4.07. The highest BCUT2D eigenvalue weighted by molar-refractivity contribution is 5.28. The van der Waals surface area contributed by atoms with Gasteiger partial charge in [0.1, 0.15) is 0 Å². The summed E-state index contributed by atoms with van der Waals surface area (Å²) < 4.78 is 5.35. The maximum absolute atomic E-state index is 5.76. The van der Waals surface area contributed by atoms with Crippen LogP contribution in [0.3, 0.4) is 0 Å². The average molecular weight is 243 g/mol. The summed E-state index contributed by atoms with van der Waals surface area (Å²) in [5.74, 6) is 1.47. The van der Waals surface area contributed by atoms with Crippen LogP contribution in [0.2, 0.25) is 0 Å². The minimum Gasteiger partial charge on any atom is -0.339 e. The molecule has 0 saturated heterocycles. The average Bonchev–Trinajstić information content (AvgIpc) is 3.05. The van der Waals surface area contributed by atoms with Crippen LogP contribution in [-0.2, 0) is 11.8 Å². The zero-order chi connectivity index (χ0) is 12.6. The number of nitrogens with zero attached hydrogens (tertiary/aromatic N) is 2. The van der Waals surface area contributed by atoms with E-state index in [4.69, 9.17) is 10.3 Å². The third kappa shape index (κ3) is 1.93. The van der Waals surface area contributed by atoms with Gasteiger partial charge >= 0.3 is 0 Å². The second-order valence-electron chi connectivity index (χ2n) is 5.10. The van der Waals surface area contributed by atoms with Crippen molar-refractivity contribution in [2.75, 3.05) is 6.54 Å². The third-order valence-corrected chi connectivity index (χ3v) is 3.78. The van der Waals surface area contributed by atoms with Gasteiger partial charge in [0, 0.05) is 13.0 Å². The van der Waals surface area contributed by atoms with Crippen molar-refractivity contribution >= 4 is 0 Å². The molecule has 0 radical (unpaired) electrons. The fourth-order valence-electron chi connectivity index (χ4n) is 2.18. The molecule has 0 bridgehead atoms. The van der Waals surface area contributed by atoms with Crippen LogP contribution >= 0.6 is 0 Å². The summed E-state index contributed by atoms with van der Waals surface area (Å²) in [7, 11) is 0. The lowest BCUT2D eigenvalue weighted by atomic mass is 10.1. The van der Waals surface area contributed by atoms with Gasteiger partial charge in [-0.15, -0.1) is 0 Å². The van der Waals surface area contributed by atoms with Gasteiger partial charge in [0.25, 0.3) is 0 Å². The molecule has 0 spiro atoms. The molecule has 4 nitrogen and oxygen atoms in total. The first-order valence-corrected chi connectivity index (χ1v) is 6.31. The number of hydrogen-bond acceptors (Lipinski definition) is 4. The van der Waals surface area contributed by atoms with Gasteiger partial charge < -0.3 is 10.3 Å². The van der Waals surface area contributed by atoms with E-state index in [0.29, 0.717) is 12.4 Å². The van der Waals surface area contributed by atoms with Crippen molar-refractivity contribution in [2.24, 2.45) is 5.73 Å². The second-order valence-corrected chi connectivity index (χ2v) is 5.10. The Labute approximate surface area is 106 Å². The summed E-state index contributed by atoms with van der Waals surface area (Å²) in [6.45, 7) is 2.69. The van der Waals surface area contributed by atoms with Gasteiger partial charge in [0.05, 0.1) is 5.41 Å². The van der Waals surface area contributed by atoms with Crippen molar-refractivity contribution in [2.45, 2.75) is 31.6 Å². The van der Waals surface area contributed by atoms with Crippen LogP contribution in [0.4, 0.5) is 0 Å². The molecule has 1 aromatic heterocycles. The molecule has 1 saturated carbocycles. The molecule has 94 valence electrons. The molecule has 2 N–H and O–H groups in total. The fraction of sp³-hybridized carbons (Fsp3) is 0.429. The maximum Gasteiger partial charge on any atom is 0.234 e. The van der Waals surface area contributed by atoms with Crippen molar-refractivity contribution in [3.05, 3.63) is 47.1 Å². The zero-order valence-electron chi connectivity index (χ0n) is 10.5. The predicted octanol–water partition coefficient (Wildman–Crippen LogP) is 1.96. The van der Waals surface area contributed by atoms with E-state index < -0.39 is 0 Å². The highest BCUT2D eigenvalue weighted by Crippen LogP contribution is 2.46. The smallest absolute Gasteiger partial charge is 0.234 e. The molecule has 4 heteroatoms. The summed E-state index contributed by atoms with van der Waals surface area (Å²) in [6, 6.07) is 8.26. The van der Waals surface area contributed by atoms with Crippen LogP contribution in [0.15, 0.2) is 28.8 Å². The summed E-state index contributed by atoms with van der Waals surface area (Å²) >= 11 is 0. The fourth-order valence-corrected chi connectivity index (χ4v) is 2.18. The molecule has 0 aliphatic heterocycles. The molecule has 1 aliphatic carbocycles. The standard InChI is InChI=1S/C14H17N3O/c1-10-4-2-3-5-11(10)8-12-16-13(18-17-12)14(9-15)6-7-14/h2-5H,6-9,15H2,1H3. The molecule has 3 rings (SSSR count). The molecular formula is C14H17N3O. The van der Waals surface area contributed by atoms with Gasteiger partial charge in [0.2, 0.25) is 5.89 Å². The summed E-state index contributed by atoms with van der Waals surface area (Å²) in [5.41, 5.74) is 8.23. The van der Waals surface area contributed by atoms with Gasteiger partial charge in [-0.3, -0.25) is 0 Å². The SMILES string of the molecule is Cc1ccccc1Cc1noc(C2(CN)CC2)n1. The zero-order valence-corrected chi connectivity index (χ0v) is 10.5. The topological polar surface area (TPSA) is 64.9 Å². The molecule has 2 aromatic rings. The van der Waals surface area contributed by atoms with Crippen molar-refractivity contribution in [1.29, 1.82) is 0 Å². The van der Waals surface area contributed by atoms with Gasteiger partial charge in [-0.2, -0.15) is 4.98 Å². The molecule has 1 aromatic carbocycles. The van der Waals surface area contributed by atoms with Gasteiger partial charge in [0.15, 0.2) is 5.82 Å². The molecule has 1 fully saturated rings. The number of aryl methyl sites for hydroxylation is 1. The molecule has 0 unspecified atom stereocenters. The van der Waals surface area contributed by atoms with E-state index in [1.165, 1.54) is 11.1 Å². The first-order valence-electron chi connectivity index (χ1n) is 6.31. The Kier molecular flexibility index (Phi) is 2.67. The van der Waals surface area contributed by atoms with E-state index in [1.54, 1.807) is 0 Å². The number of aromatic nitrogens is 2. The predicted molar refractivity (Wildman–Crippen MR) is 68.2 cm³/mol. The van der Waals surface area contributed by atoms with Crippen molar-refractivity contribution < 1.29 is 4.52 Å². The van der Waals surface area contributed by atoms with E-state index in [0.717, 1.165) is 25.1 Å². The van der Waals surface area contributed by atoms with Gasteiger partial charge in [-0.25, -0.2) is 0 Å². The molecular weight excluding hydrogens is 226 g/mol. The first kappa shape index (κ1) is 11.4. The lowest BCUT2D eigenvalue weighted by Crippen LogP contribution is -2.20. The maximum atomic E-state index is 5.76. The van der Waals surface area contributed by atoms with Crippen LogP contribution in [0.5, 0.6) is 0 Å². The van der Waals surface area contributed by atoms with E-state index in [2.05, 4.69) is 29.2 Å². The minimum absolute atomic E-state index is 0.0169. The van der Waals surface area contributed by atoms with Crippen molar-refractivity contribution in [1.82, 2.24) is 10.1 Å². The Morgan fingerprint density at radius 2 is 2.11 bits per heavy atom. The minimum atomic E-state index is -0.0169. The quantitative estimate of drug-likeness (QED) is 0.891. The van der Waals surface area contributed by atoms with Crippen molar-refractivity contribution in [3.63, 3.8) is 0 Å². The number of nitrogens with two attached hydrogens (primary N) is 1. The Morgan fingerprint density at radius 1 is 1.33 bits per heavy atom. The molecule has 1 heterocycles. The lowest BCUT2D eigenvalue weighted by Gasteiger charge is -2.03. The lowest BCUT2D eigenvalue weighted by molar-refractivity contribution is 0.344. The van der Waals surface area contributed by atoms with Crippen LogP contribution in [0.25, 0.3) is 0 Å². The van der Waals surface area contributed by atoms with Crippen LogP contribution in [0, 0.1) is 6.92 Å². The van der Waals surface area contributed by atoms with Gasteiger partial charge in [-0.1, -0.05) is 29.4 Å². The largest absolute Gasteiger partial charge is 0.339 e. The molecule has 1 aliphatic rings. The highest BCUT2D eigenvalue weighted by Gasteiger charge is 2.48. The van der Waals surface area contributed by atoms with E-state index in [-0.39, 0.29) is 5.41 Å². The van der Waals surface area contributed by atoms with E-state index in [1.807, 2.05) is 12.1 Å². The van der Waals surface area contributed by atoms with E-state index in [9.17, 15) is 0 Å². The Morgan fingerprint density at radius 3 is 2.78 bits per heavy atom. The summed E-state index contributed by atoms with van der Waals surface area (Å²) in [4.78, 5) is 4.49. The van der Waals surface area contributed by atoms with Crippen LogP contribution in [0.1, 0.15) is 35.7 Å². The normalized spacial score (nSPS) is 16.8. The monoisotopic (exact) mass is 243 g/mol. The van der Waals surface area contributed by atoms with E-state index >= 15 is 0 Å². The molecule has 18 heavy (non-hydrogen) atoms. The number of rotatable bonds is 4. The molecule has 0 atom stereocenters. The first-order chi connectivity index (χ1) is 8.73. The van der Waals surface area contributed by atoms with Crippen LogP contribution < -0.4 is 5.73 Å².